The van der Waals surface area contributed by atoms with Crippen molar-refractivity contribution >= 4 is 17.5 Å². The van der Waals surface area contributed by atoms with Crippen LogP contribution in [0.25, 0.3) is 0 Å². The SMILES string of the molecule is Cc1cc(N2CCc3ccccc32)nc(NCCc2ccc(F)cc2)n1. The number of aryl methyl sites for hydroxylation is 1. The highest BCUT2D eigenvalue weighted by Gasteiger charge is 2.21. The van der Waals surface area contributed by atoms with E-state index in [0.717, 1.165) is 36.5 Å². The summed E-state index contributed by atoms with van der Waals surface area (Å²) in [5.74, 6) is 1.34. The molecule has 0 fully saturated rings. The van der Waals surface area contributed by atoms with Gasteiger partial charge >= 0.3 is 0 Å². The highest BCUT2D eigenvalue weighted by atomic mass is 19.1. The van der Waals surface area contributed by atoms with E-state index in [1.54, 1.807) is 12.1 Å². The van der Waals surface area contributed by atoms with Crippen LogP contribution in [0.3, 0.4) is 0 Å². The van der Waals surface area contributed by atoms with Crippen LogP contribution in [0, 0.1) is 12.7 Å². The molecule has 1 aliphatic rings. The van der Waals surface area contributed by atoms with Gasteiger partial charge in [0.2, 0.25) is 5.95 Å². The van der Waals surface area contributed by atoms with Gasteiger partial charge in [0, 0.05) is 30.5 Å². The molecule has 0 bridgehead atoms. The number of nitrogens with one attached hydrogen (secondary N) is 1. The van der Waals surface area contributed by atoms with Crippen LogP contribution in [0.1, 0.15) is 16.8 Å². The lowest BCUT2D eigenvalue weighted by Crippen LogP contribution is -2.17. The summed E-state index contributed by atoms with van der Waals surface area (Å²) in [4.78, 5) is 11.4. The average molecular weight is 348 g/mol. The summed E-state index contributed by atoms with van der Waals surface area (Å²) < 4.78 is 13.0. The van der Waals surface area contributed by atoms with Gasteiger partial charge in [-0.25, -0.2) is 9.37 Å². The van der Waals surface area contributed by atoms with E-state index in [-0.39, 0.29) is 5.82 Å². The Morgan fingerprint density at radius 2 is 1.88 bits per heavy atom. The van der Waals surface area contributed by atoms with Gasteiger partial charge in [-0.1, -0.05) is 30.3 Å². The maximum Gasteiger partial charge on any atom is 0.224 e. The Kier molecular flexibility index (Phi) is 4.52. The van der Waals surface area contributed by atoms with Crippen molar-refractivity contribution in [2.45, 2.75) is 19.8 Å². The number of nitrogens with zero attached hydrogens (tertiary/aromatic N) is 3. The van der Waals surface area contributed by atoms with E-state index in [4.69, 9.17) is 4.98 Å². The summed E-state index contributed by atoms with van der Waals surface area (Å²) >= 11 is 0. The van der Waals surface area contributed by atoms with Gasteiger partial charge in [-0.15, -0.1) is 0 Å². The van der Waals surface area contributed by atoms with Crippen molar-refractivity contribution in [3.05, 3.63) is 77.2 Å². The second kappa shape index (κ2) is 7.12. The van der Waals surface area contributed by atoms with Crippen LogP contribution in [0.5, 0.6) is 0 Å². The third-order valence-electron chi connectivity index (χ3n) is 4.61. The zero-order valence-electron chi connectivity index (χ0n) is 14.7. The molecule has 5 heteroatoms. The number of fused-ring (bicyclic) bond motifs is 1. The van der Waals surface area contributed by atoms with Gasteiger partial charge in [0.25, 0.3) is 0 Å². The van der Waals surface area contributed by atoms with Gasteiger partial charge in [-0.3, -0.25) is 0 Å². The van der Waals surface area contributed by atoms with Gasteiger partial charge < -0.3 is 10.2 Å². The maximum absolute atomic E-state index is 13.0. The Morgan fingerprint density at radius 3 is 2.73 bits per heavy atom. The molecule has 26 heavy (non-hydrogen) atoms. The molecule has 0 radical (unpaired) electrons. The zero-order valence-corrected chi connectivity index (χ0v) is 14.7. The first-order valence-electron chi connectivity index (χ1n) is 8.88. The quantitative estimate of drug-likeness (QED) is 0.747. The Bertz CT molecular complexity index is 908. The third kappa shape index (κ3) is 3.52. The summed E-state index contributed by atoms with van der Waals surface area (Å²) in [5.41, 5.74) is 4.60. The number of aromatic nitrogens is 2. The van der Waals surface area contributed by atoms with E-state index in [0.29, 0.717) is 12.5 Å². The number of rotatable bonds is 5. The molecular formula is C21H21FN4. The Labute approximate surface area is 152 Å². The van der Waals surface area contributed by atoms with E-state index in [2.05, 4.69) is 39.5 Å². The number of hydrogen-bond acceptors (Lipinski definition) is 4. The number of hydrogen-bond donors (Lipinski definition) is 1. The molecule has 1 N–H and O–H groups in total. The molecule has 0 spiro atoms. The topological polar surface area (TPSA) is 41.1 Å². The third-order valence-corrected chi connectivity index (χ3v) is 4.61. The molecule has 0 unspecified atom stereocenters. The molecule has 132 valence electrons. The second-order valence-electron chi connectivity index (χ2n) is 6.52. The molecule has 0 saturated carbocycles. The second-order valence-corrected chi connectivity index (χ2v) is 6.52. The molecule has 4 nitrogen and oxygen atoms in total. The summed E-state index contributed by atoms with van der Waals surface area (Å²) in [7, 11) is 0. The molecule has 0 aliphatic carbocycles. The molecule has 0 amide bonds. The van der Waals surface area contributed by atoms with Crippen molar-refractivity contribution in [1.82, 2.24) is 9.97 Å². The van der Waals surface area contributed by atoms with Crippen molar-refractivity contribution in [1.29, 1.82) is 0 Å². The van der Waals surface area contributed by atoms with E-state index >= 15 is 0 Å². The minimum atomic E-state index is -0.209. The monoisotopic (exact) mass is 348 g/mol. The Morgan fingerprint density at radius 1 is 1.08 bits per heavy atom. The number of anilines is 3. The standard InChI is InChI=1S/C21H21FN4/c1-15-14-20(26-13-11-17-4-2-3-5-19(17)26)25-21(24-15)23-12-10-16-6-8-18(22)9-7-16/h2-9,14H,10-13H2,1H3,(H,23,24,25). The van der Waals surface area contributed by atoms with E-state index < -0.39 is 0 Å². The van der Waals surface area contributed by atoms with Crippen LogP contribution in [0.15, 0.2) is 54.6 Å². The van der Waals surface area contributed by atoms with Crippen molar-refractivity contribution in [2.75, 3.05) is 23.3 Å². The van der Waals surface area contributed by atoms with Crippen LogP contribution in [-0.4, -0.2) is 23.1 Å². The predicted octanol–water partition coefficient (Wildman–Crippen LogP) is 4.27. The van der Waals surface area contributed by atoms with Crippen LogP contribution >= 0.6 is 0 Å². The van der Waals surface area contributed by atoms with Crippen molar-refractivity contribution < 1.29 is 4.39 Å². The molecule has 1 aromatic heterocycles. The number of halogens is 1. The fourth-order valence-electron chi connectivity index (χ4n) is 3.32. The fraction of sp³-hybridized carbons (Fsp3) is 0.238. The van der Waals surface area contributed by atoms with Gasteiger partial charge in [0.05, 0.1) is 0 Å². The molecule has 2 heterocycles. The summed E-state index contributed by atoms with van der Waals surface area (Å²) in [6.45, 7) is 3.62. The van der Waals surface area contributed by atoms with Crippen LogP contribution < -0.4 is 10.2 Å². The Balaban J connectivity index is 1.47. The smallest absolute Gasteiger partial charge is 0.224 e. The first-order valence-corrected chi connectivity index (χ1v) is 8.88. The largest absolute Gasteiger partial charge is 0.354 e. The average Bonchev–Trinajstić information content (AvgIpc) is 3.07. The molecule has 0 saturated heterocycles. The van der Waals surface area contributed by atoms with Crippen LogP contribution in [-0.2, 0) is 12.8 Å². The normalized spacial score (nSPS) is 12.9. The van der Waals surface area contributed by atoms with Crippen molar-refractivity contribution in [3.63, 3.8) is 0 Å². The van der Waals surface area contributed by atoms with E-state index in [1.807, 2.05) is 13.0 Å². The van der Waals surface area contributed by atoms with Crippen LogP contribution in [0.2, 0.25) is 0 Å². The molecule has 4 rings (SSSR count). The minimum Gasteiger partial charge on any atom is -0.354 e. The van der Waals surface area contributed by atoms with Gasteiger partial charge in [-0.05, 0) is 49.1 Å². The first-order chi connectivity index (χ1) is 12.7. The number of para-hydroxylation sites is 1. The van der Waals surface area contributed by atoms with Crippen LogP contribution in [0.4, 0.5) is 21.8 Å². The van der Waals surface area contributed by atoms with E-state index in [9.17, 15) is 4.39 Å². The lowest BCUT2D eigenvalue weighted by molar-refractivity contribution is 0.627. The van der Waals surface area contributed by atoms with Crippen molar-refractivity contribution in [2.24, 2.45) is 0 Å². The first kappa shape index (κ1) is 16.5. The molecular weight excluding hydrogens is 327 g/mol. The Hall–Kier alpha value is -2.95. The lowest BCUT2D eigenvalue weighted by Gasteiger charge is -2.19. The predicted molar refractivity (Wildman–Crippen MR) is 103 cm³/mol. The van der Waals surface area contributed by atoms with Crippen molar-refractivity contribution in [3.8, 4) is 0 Å². The number of benzene rings is 2. The zero-order chi connectivity index (χ0) is 17.9. The molecule has 2 aromatic carbocycles. The highest BCUT2D eigenvalue weighted by Crippen LogP contribution is 2.33. The van der Waals surface area contributed by atoms with Gasteiger partial charge in [-0.2, -0.15) is 4.98 Å². The van der Waals surface area contributed by atoms with E-state index in [1.165, 1.54) is 23.4 Å². The van der Waals surface area contributed by atoms with Gasteiger partial charge in [0.15, 0.2) is 0 Å². The lowest BCUT2D eigenvalue weighted by atomic mass is 10.1. The highest BCUT2D eigenvalue weighted by molar-refractivity contribution is 5.68. The molecule has 1 aliphatic heterocycles. The summed E-state index contributed by atoms with van der Waals surface area (Å²) in [6, 6.07) is 17.1. The maximum atomic E-state index is 13.0. The fourth-order valence-corrected chi connectivity index (χ4v) is 3.32. The molecule has 3 aromatic rings. The summed E-state index contributed by atoms with van der Waals surface area (Å²) in [5, 5.41) is 3.29. The summed E-state index contributed by atoms with van der Waals surface area (Å²) in [6.07, 6.45) is 1.83. The molecule has 0 atom stereocenters. The minimum absolute atomic E-state index is 0.209. The van der Waals surface area contributed by atoms with Gasteiger partial charge in [0.1, 0.15) is 11.6 Å².